The Kier molecular flexibility index (Phi) is 2.36. The molecule has 1 heterocycles. The van der Waals surface area contributed by atoms with Crippen LogP contribution in [0.4, 0.5) is 0 Å². The van der Waals surface area contributed by atoms with Crippen LogP contribution in [-0.4, -0.2) is 16.7 Å². The molecule has 0 N–H and O–H groups in total. The van der Waals surface area contributed by atoms with E-state index in [1.54, 1.807) is 0 Å². The van der Waals surface area contributed by atoms with Crippen molar-refractivity contribution in [3.63, 3.8) is 0 Å². The Bertz CT molecular complexity index is 233. The summed E-state index contributed by atoms with van der Waals surface area (Å²) in [5.41, 5.74) is 0.901. The average Bonchev–Trinajstić information content (AvgIpc) is 2.03. The maximum Gasteiger partial charge on any atom is 0.147 e. The second-order valence-corrected chi connectivity index (χ2v) is 3.99. The SMILES string of the molecule is CC(C)(C)N1C=CCC(C=O)=C1. The van der Waals surface area contributed by atoms with Crippen LogP contribution < -0.4 is 0 Å². The van der Waals surface area contributed by atoms with Crippen molar-refractivity contribution in [3.8, 4) is 0 Å². The van der Waals surface area contributed by atoms with Crippen LogP contribution in [0.1, 0.15) is 27.2 Å². The lowest BCUT2D eigenvalue weighted by Gasteiger charge is -2.33. The third kappa shape index (κ3) is 1.97. The predicted octanol–water partition coefficient (Wildman–Crippen LogP) is 2.09. The van der Waals surface area contributed by atoms with Crippen molar-refractivity contribution in [2.24, 2.45) is 0 Å². The number of aldehydes is 1. The molecule has 1 aliphatic heterocycles. The van der Waals surface area contributed by atoms with Crippen molar-refractivity contribution in [3.05, 3.63) is 24.0 Å². The van der Waals surface area contributed by atoms with Gasteiger partial charge < -0.3 is 4.90 Å². The standard InChI is InChI=1S/C10H15NO/c1-10(2,3)11-6-4-5-9(7-11)8-12/h4,6-8H,5H2,1-3H3. The van der Waals surface area contributed by atoms with Gasteiger partial charge in [0, 0.05) is 23.5 Å². The first-order chi connectivity index (χ1) is 5.54. The van der Waals surface area contributed by atoms with Crippen LogP contribution in [0, 0.1) is 0 Å². The number of carbonyl (C=O) groups is 1. The maximum atomic E-state index is 10.5. The van der Waals surface area contributed by atoms with E-state index in [1.807, 2.05) is 18.5 Å². The van der Waals surface area contributed by atoms with Gasteiger partial charge in [-0.05, 0) is 27.2 Å². The second kappa shape index (κ2) is 3.13. The summed E-state index contributed by atoms with van der Waals surface area (Å²) >= 11 is 0. The van der Waals surface area contributed by atoms with E-state index in [4.69, 9.17) is 0 Å². The molecule has 1 rings (SSSR count). The Morgan fingerprint density at radius 3 is 2.67 bits per heavy atom. The number of hydrogen-bond donors (Lipinski definition) is 0. The molecule has 0 aromatic carbocycles. The van der Waals surface area contributed by atoms with E-state index in [0.29, 0.717) is 0 Å². The van der Waals surface area contributed by atoms with Crippen LogP contribution in [0.5, 0.6) is 0 Å². The highest BCUT2D eigenvalue weighted by Crippen LogP contribution is 2.19. The maximum absolute atomic E-state index is 10.5. The first kappa shape index (κ1) is 9.04. The van der Waals surface area contributed by atoms with E-state index in [0.717, 1.165) is 18.3 Å². The van der Waals surface area contributed by atoms with Crippen LogP contribution in [-0.2, 0) is 4.79 Å². The number of allylic oxidation sites excluding steroid dienone is 2. The molecule has 1 aliphatic rings. The Balaban J connectivity index is 2.80. The first-order valence-electron chi connectivity index (χ1n) is 4.15. The van der Waals surface area contributed by atoms with Gasteiger partial charge in [-0.15, -0.1) is 0 Å². The topological polar surface area (TPSA) is 20.3 Å². The molecular weight excluding hydrogens is 150 g/mol. The van der Waals surface area contributed by atoms with Gasteiger partial charge in [-0.25, -0.2) is 0 Å². The van der Waals surface area contributed by atoms with Gasteiger partial charge in [-0.2, -0.15) is 0 Å². The zero-order valence-corrected chi connectivity index (χ0v) is 7.87. The molecule has 12 heavy (non-hydrogen) atoms. The van der Waals surface area contributed by atoms with Gasteiger partial charge >= 0.3 is 0 Å². The van der Waals surface area contributed by atoms with E-state index in [-0.39, 0.29) is 5.54 Å². The van der Waals surface area contributed by atoms with Crippen LogP contribution in [0.2, 0.25) is 0 Å². The van der Waals surface area contributed by atoms with E-state index < -0.39 is 0 Å². The second-order valence-electron chi connectivity index (χ2n) is 3.99. The van der Waals surface area contributed by atoms with Gasteiger partial charge in [0.15, 0.2) is 0 Å². The lowest BCUT2D eigenvalue weighted by atomic mass is 10.0. The van der Waals surface area contributed by atoms with Gasteiger partial charge in [-0.1, -0.05) is 6.08 Å². The van der Waals surface area contributed by atoms with Crippen molar-refractivity contribution in [2.45, 2.75) is 32.7 Å². The normalized spacial score (nSPS) is 17.6. The molecule has 2 nitrogen and oxygen atoms in total. The molecule has 0 radical (unpaired) electrons. The number of rotatable bonds is 1. The van der Waals surface area contributed by atoms with Crippen LogP contribution >= 0.6 is 0 Å². The molecule has 0 aromatic rings. The summed E-state index contributed by atoms with van der Waals surface area (Å²) in [6.07, 6.45) is 7.62. The van der Waals surface area contributed by atoms with Gasteiger partial charge in [0.25, 0.3) is 0 Å². The van der Waals surface area contributed by atoms with Crippen molar-refractivity contribution in [1.82, 2.24) is 4.90 Å². The number of hydrogen-bond acceptors (Lipinski definition) is 2. The molecule has 2 heteroatoms. The molecule has 0 unspecified atom stereocenters. The number of carbonyl (C=O) groups excluding carboxylic acids is 1. The fourth-order valence-corrected chi connectivity index (χ4v) is 1.07. The van der Waals surface area contributed by atoms with Crippen molar-refractivity contribution in [1.29, 1.82) is 0 Å². The van der Waals surface area contributed by atoms with Crippen LogP contribution in [0.25, 0.3) is 0 Å². The summed E-state index contributed by atoms with van der Waals surface area (Å²) in [6, 6.07) is 0. The Morgan fingerprint density at radius 1 is 1.50 bits per heavy atom. The summed E-state index contributed by atoms with van der Waals surface area (Å²) in [4.78, 5) is 12.6. The Morgan fingerprint density at radius 2 is 2.17 bits per heavy atom. The fourth-order valence-electron chi connectivity index (χ4n) is 1.07. The van der Waals surface area contributed by atoms with Crippen molar-refractivity contribution < 1.29 is 4.79 Å². The van der Waals surface area contributed by atoms with Gasteiger partial charge in [-0.3, -0.25) is 4.79 Å². The predicted molar refractivity (Wildman–Crippen MR) is 49.5 cm³/mol. The van der Waals surface area contributed by atoms with Crippen molar-refractivity contribution in [2.75, 3.05) is 0 Å². The molecule has 0 bridgehead atoms. The molecule has 0 aromatic heterocycles. The fraction of sp³-hybridized carbons (Fsp3) is 0.500. The average molecular weight is 165 g/mol. The third-order valence-corrected chi connectivity index (χ3v) is 1.85. The minimum atomic E-state index is 0.0607. The molecule has 0 saturated heterocycles. The highest BCUT2D eigenvalue weighted by atomic mass is 16.1. The van der Waals surface area contributed by atoms with Gasteiger partial charge in [0.1, 0.15) is 6.29 Å². The summed E-state index contributed by atoms with van der Waals surface area (Å²) in [7, 11) is 0. The van der Waals surface area contributed by atoms with Gasteiger partial charge in [0.2, 0.25) is 0 Å². The summed E-state index contributed by atoms with van der Waals surface area (Å²) < 4.78 is 0. The van der Waals surface area contributed by atoms with E-state index in [1.165, 1.54) is 0 Å². The van der Waals surface area contributed by atoms with E-state index in [9.17, 15) is 4.79 Å². The lowest BCUT2D eigenvalue weighted by molar-refractivity contribution is -0.105. The quantitative estimate of drug-likeness (QED) is 0.554. The zero-order valence-electron chi connectivity index (χ0n) is 7.87. The molecule has 66 valence electrons. The highest BCUT2D eigenvalue weighted by molar-refractivity contribution is 5.73. The molecule has 0 amide bonds. The molecule has 0 fully saturated rings. The largest absolute Gasteiger partial charge is 0.349 e. The zero-order chi connectivity index (χ0) is 9.19. The molecule has 0 spiro atoms. The number of nitrogens with zero attached hydrogens (tertiary/aromatic N) is 1. The third-order valence-electron chi connectivity index (χ3n) is 1.85. The van der Waals surface area contributed by atoms with Gasteiger partial charge in [0.05, 0.1) is 0 Å². The summed E-state index contributed by atoms with van der Waals surface area (Å²) in [5, 5.41) is 0. The lowest BCUT2D eigenvalue weighted by Crippen LogP contribution is -2.34. The Labute approximate surface area is 73.6 Å². The Hall–Kier alpha value is -1.05. The highest BCUT2D eigenvalue weighted by Gasteiger charge is 2.17. The minimum Gasteiger partial charge on any atom is -0.349 e. The van der Waals surface area contributed by atoms with Crippen LogP contribution in [0.15, 0.2) is 24.0 Å². The summed E-state index contributed by atoms with van der Waals surface area (Å²) in [6.45, 7) is 6.34. The summed E-state index contributed by atoms with van der Waals surface area (Å²) in [5.74, 6) is 0. The molecule has 0 aliphatic carbocycles. The minimum absolute atomic E-state index is 0.0607. The molecule has 0 saturated carbocycles. The van der Waals surface area contributed by atoms with E-state index in [2.05, 4.69) is 25.7 Å². The molecular formula is C10H15NO. The molecule has 0 atom stereocenters. The smallest absolute Gasteiger partial charge is 0.147 e. The monoisotopic (exact) mass is 165 g/mol. The first-order valence-corrected chi connectivity index (χ1v) is 4.15. The van der Waals surface area contributed by atoms with E-state index >= 15 is 0 Å². The van der Waals surface area contributed by atoms with Crippen LogP contribution in [0.3, 0.4) is 0 Å². The van der Waals surface area contributed by atoms with Crippen molar-refractivity contribution >= 4 is 6.29 Å².